The Labute approximate surface area is 223 Å². The number of halogens is 1. The summed E-state index contributed by atoms with van der Waals surface area (Å²) in [6.45, 7) is 18.1. The van der Waals surface area contributed by atoms with Crippen molar-refractivity contribution in [3.8, 4) is 0 Å². The second-order valence-corrected chi connectivity index (χ2v) is 13.8. The zero-order valence-electron chi connectivity index (χ0n) is 22.7. The number of fused-ring (bicyclic) bond motifs is 1. The van der Waals surface area contributed by atoms with Gasteiger partial charge < -0.3 is 24.7 Å². The molecule has 8 atom stereocenters. The SMILES string of the molecule is C=CCN(C(=O)[C@H]1N([C@@H](CO)[C@@H](C)CC)C(=O)[C@@H]2[C@@H](C(=O)O)[C@@H]3O[C@@]21CC3Br)C(C)(C)CC(C)(C)C. The predicted molar refractivity (Wildman–Crippen MR) is 141 cm³/mol. The maximum absolute atomic E-state index is 14.6. The highest BCUT2D eigenvalue weighted by Gasteiger charge is 2.77. The molecule has 36 heavy (non-hydrogen) atoms. The number of carbonyl (C=O) groups excluding carboxylic acids is 2. The number of ether oxygens (including phenoxy) is 1. The molecule has 0 aromatic rings. The summed E-state index contributed by atoms with van der Waals surface area (Å²) in [6.07, 6.45) is 2.72. The largest absolute Gasteiger partial charge is 0.481 e. The van der Waals surface area contributed by atoms with E-state index < -0.39 is 53.0 Å². The Morgan fingerprint density at radius 3 is 2.42 bits per heavy atom. The average Bonchev–Trinajstić information content (AvgIpc) is 3.34. The van der Waals surface area contributed by atoms with Crippen LogP contribution in [-0.2, 0) is 19.1 Å². The quantitative estimate of drug-likeness (QED) is 0.307. The zero-order chi connectivity index (χ0) is 27.4. The van der Waals surface area contributed by atoms with Gasteiger partial charge in [-0.25, -0.2) is 0 Å². The Hall–Kier alpha value is -1.45. The predicted octanol–water partition coefficient (Wildman–Crippen LogP) is 3.46. The molecule has 1 spiro atoms. The van der Waals surface area contributed by atoms with E-state index in [9.17, 15) is 24.6 Å². The molecule has 0 aromatic heterocycles. The van der Waals surface area contributed by atoms with Crippen molar-refractivity contribution in [2.75, 3.05) is 13.2 Å². The third-order valence-electron chi connectivity index (χ3n) is 8.36. The monoisotopic (exact) mass is 570 g/mol. The Morgan fingerprint density at radius 1 is 1.33 bits per heavy atom. The van der Waals surface area contributed by atoms with E-state index in [-0.39, 0.29) is 35.2 Å². The van der Waals surface area contributed by atoms with Crippen LogP contribution in [0.2, 0.25) is 0 Å². The van der Waals surface area contributed by atoms with E-state index in [0.29, 0.717) is 19.3 Å². The van der Waals surface area contributed by atoms with Crippen LogP contribution in [0.15, 0.2) is 12.7 Å². The van der Waals surface area contributed by atoms with E-state index >= 15 is 0 Å². The molecular weight excluding hydrogens is 528 g/mol. The summed E-state index contributed by atoms with van der Waals surface area (Å²) in [5, 5.41) is 20.5. The van der Waals surface area contributed by atoms with Gasteiger partial charge in [0.05, 0.1) is 30.6 Å². The molecule has 9 heteroatoms. The maximum Gasteiger partial charge on any atom is 0.310 e. The number of aliphatic hydroxyl groups excluding tert-OH is 1. The summed E-state index contributed by atoms with van der Waals surface area (Å²) in [6, 6.07) is -1.66. The molecule has 3 aliphatic heterocycles. The molecule has 2 N–H and O–H groups in total. The summed E-state index contributed by atoms with van der Waals surface area (Å²) < 4.78 is 6.41. The molecule has 0 aliphatic carbocycles. The van der Waals surface area contributed by atoms with Crippen molar-refractivity contribution < 1.29 is 29.3 Å². The lowest BCUT2D eigenvalue weighted by Gasteiger charge is -2.47. The molecular formula is C27H43BrN2O6. The molecule has 3 rings (SSSR count). The van der Waals surface area contributed by atoms with Gasteiger partial charge in [-0.3, -0.25) is 14.4 Å². The Kier molecular flexibility index (Phi) is 8.11. The number of hydrogen-bond acceptors (Lipinski definition) is 5. The summed E-state index contributed by atoms with van der Waals surface area (Å²) in [5.74, 6) is -3.92. The number of carboxylic acid groups (broad SMARTS) is 1. The fourth-order valence-corrected chi connectivity index (χ4v) is 8.05. The summed E-state index contributed by atoms with van der Waals surface area (Å²) in [7, 11) is 0. The van der Waals surface area contributed by atoms with Crippen LogP contribution >= 0.6 is 15.9 Å². The standard InChI is InChI=1S/C27H43BrN2O6/c1-9-11-29(26(7,8)14-25(4,5)6)23(33)21-27-12-16(28)20(36-27)18(24(34)35)19(27)22(32)30(21)17(13-31)15(3)10-2/h9,15-21,31H,1,10-14H2,2-8H3,(H,34,35)/t15-,16?,17-,18+,19-,20+,21+,27-/m0/s1. The number of aliphatic hydroxyl groups is 1. The topological polar surface area (TPSA) is 107 Å². The number of likely N-dealkylation sites (tertiary alicyclic amines) is 1. The van der Waals surface area contributed by atoms with Gasteiger partial charge >= 0.3 is 5.97 Å². The molecule has 8 nitrogen and oxygen atoms in total. The smallest absolute Gasteiger partial charge is 0.310 e. The highest BCUT2D eigenvalue weighted by atomic mass is 79.9. The summed E-state index contributed by atoms with van der Waals surface area (Å²) in [5.41, 5.74) is -1.92. The minimum atomic E-state index is -1.27. The van der Waals surface area contributed by atoms with Crippen molar-refractivity contribution in [1.82, 2.24) is 9.80 Å². The fourth-order valence-electron chi connectivity index (χ4n) is 7.11. The number of hydrogen-bond donors (Lipinski definition) is 2. The maximum atomic E-state index is 14.6. The van der Waals surface area contributed by atoms with Gasteiger partial charge in [-0.1, -0.05) is 63.0 Å². The minimum absolute atomic E-state index is 0.0722. The summed E-state index contributed by atoms with van der Waals surface area (Å²) in [4.78, 5) is 44.0. The van der Waals surface area contributed by atoms with Gasteiger partial charge in [-0.05, 0) is 38.0 Å². The van der Waals surface area contributed by atoms with Crippen molar-refractivity contribution in [1.29, 1.82) is 0 Å². The Balaban J connectivity index is 2.19. The number of carboxylic acids is 1. The third-order valence-corrected chi connectivity index (χ3v) is 9.21. The molecule has 0 aromatic carbocycles. The van der Waals surface area contributed by atoms with Crippen LogP contribution in [0.1, 0.15) is 67.7 Å². The van der Waals surface area contributed by atoms with Gasteiger partial charge in [-0.15, -0.1) is 6.58 Å². The molecule has 1 unspecified atom stereocenters. The van der Waals surface area contributed by atoms with Gasteiger partial charge in [-0.2, -0.15) is 0 Å². The zero-order valence-corrected chi connectivity index (χ0v) is 24.2. The lowest BCUT2D eigenvalue weighted by atomic mass is 9.70. The van der Waals surface area contributed by atoms with Crippen LogP contribution in [0.5, 0.6) is 0 Å². The van der Waals surface area contributed by atoms with E-state index in [1.54, 1.807) is 11.0 Å². The van der Waals surface area contributed by atoms with Gasteiger partial charge in [0.15, 0.2) is 0 Å². The Bertz CT molecular complexity index is 901. The molecule has 3 saturated heterocycles. The fraction of sp³-hybridized carbons (Fsp3) is 0.815. The first-order chi connectivity index (χ1) is 16.6. The van der Waals surface area contributed by atoms with Crippen LogP contribution in [0.4, 0.5) is 0 Å². The second kappa shape index (κ2) is 10.0. The number of carbonyl (C=O) groups is 3. The first kappa shape index (κ1) is 29.1. The van der Waals surface area contributed by atoms with Crippen LogP contribution < -0.4 is 0 Å². The van der Waals surface area contributed by atoms with E-state index in [2.05, 4.69) is 43.3 Å². The molecule has 204 valence electrons. The van der Waals surface area contributed by atoms with E-state index in [4.69, 9.17) is 4.74 Å². The lowest BCUT2D eigenvalue weighted by Crippen LogP contribution is -2.63. The third kappa shape index (κ3) is 4.64. The van der Waals surface area contributed by atoms with Gasteiger partial charge in [0.1, 0.15) is 11.6 Å². The second-order valence-electron chi connectivity index (χ2n) is 12.7. The molecule has 2 bridgehead atoms. The van der Waals surface area contributed by atoms with Crippen molar-refractivity contribution in [3.63, 3.8) is 0 Å². The molecule has 3 aliphatic rings. The average molecular weight is 572 g/mol. The number of rotatable bonds is 10. The minimum Gasteiger partial charge on any atom is -0.481 e. The number of amides is 2. The molecule has 3 heterocycles. The van der Waals surface area contributed by atoms with Crippen molar-refractivity contribution in [2.45, 2.75) is 102 Å². The van der Waals surface area contributed by atoms with Crippen molar-refractivity contribution >= 4 is 33.7 Å². The lowest BCUT2D eigenvalue weighted by molar-refractivity contribution is -0.157. The van der Waals surface area contributed by atoms with E-state index in [1.165, 1.54) is 4.90 Å². The first-order valence-electron chi connectivity index (χ1n) is 13.0. The van der Waals surface area contributed by atoms with E-state index in [1.807, 2.05) is 27.7 Å². The summed E-state index contributed by atoms with van der Waals surface area (Å²) >= 11 is 3.59. The molecule has 3 fully saturated rings. The normalized spacial score (nSPS) is 33.4. The number of alkyl halides is 1. The molecule has 2 amide bonds. The van der Waals surface area contributed by atoms with Crippen LogP contribution in [0.25, 0.3) is 0 Å². The highest BCUT2D eigenvalue weighted by Crippen LogP contribution is 2.61. The van der Waals surface area contributed by atoms with Crippen LogP contribution in [-0.4, -0.2) is 85.1 Å². The highest BCUT2D eigenvalue weighted by molar-refractivity contribution is 9.09. The Morgan fingerprint density at radius 2 is 1.94 bits per heavy atom. The van der Waals surface area contributed by atoms with Gasteiger partial charge in [0, 0.05) is 16.9 Å². The van der Waals surface area contributed by atoms with Crippen LogP contribution in [0, 0.1) is 23.2 Å². The van der Waals surface area contributed by atoms with Crippen molar-refractivity contribution in [2.24, 2.45) is 23.2 Å². The first-order valence-corrected chi connectivity index (χ1v) is 13.9. The number of nitrogens with zero attached hydrogens (tertiary/aromatic N) is 2. The van der Waals surface area contributed by atoms with Crippen molar-refractivity contribution in [3.05, 3.63) is 12.7 Å². The molecule has 0 radical (unpaired) electrons. The van der Waals surface area contributed by atoms with Gasteiger partial charge in [0.25, 0.3) is 0 Å². The van der Waals surface area contributed by atoms with Gasteiger partial charge in [0.2, 0.25) is 11.8 Å². The molecule has 0 saturated carbocycles. The van der Waals surface area contributed by atoms with E-state index in [0.717, 1.165) is 0 Å². The number of aliphatic carboxylic acids is 1. The van der Waals surface area contributed by atoms with Crippen LogP contribution in [0.3, 0.4) is 0 Å².